The van der Waals surface area contributed by atoms with E-state index in [0.717, 1.165) is 11.1 Å². The zero-order valence-corrected chi connectivity index (χ0v) is 9.54. The highest BCUT2D eigenvalue weighted by Gasteiger charge is 2.13. The van der Waals surface area contributed by atoms with Crippen molar-refractivity contribution in [2.75, 3.05) is 12.8 Å². The molecule has 0 bridgehead atoms. The summed E-state index contributed by atoms with van der Waals surface area (Å²) in [7, 11) is 3.12. The number of ether oxygens (including phenoxy) is 1. The molecule has 0 amide bonds. The minimum absolute atomic E-state index is 0.157. The van der Waals surface area contributed by atoms with Crippen LogP contribution in [-0.2, 0) is 11.8 Å². The molecule has 6 nitrogen and oxygen atoms in total. The quantitative estimate of drug-likeness (QED) is 0.776. The molecule has 0 fully saturated rings. The number of hydrogen-bond acceptors (Lipinski definition) is 5. The van der Waals surface area contributed by atoms with Gasteiger partial charge in [0.1, 0.15) is 11.4 Å². The highest BCUT2D eigenvalue weighted by atomic mass is 16.5. The largest absolute Gasteiger partial charge is 0.465 e. The van der Waals surface area contributed by atoms with Crippen LogP contribution in [0.3, 0.4) is 0 Å². The number of rotatable bonds is 2. The number of nitrogens with two attached hydrogens (primary N) is 1. The van der Waals surface area contributed by atoms with Crippen molar-refractivity contribution in [3.05, 3.63) is 30.2 Å². The van der Waals surface area contributed by atoms with Gasteiger partial charge in [-0.1, -0.05) is 0 Å². The molecule has 2 aromatic heterocycles. The predicted octanol–water partition coefficient (Wildman–Crippen LogP) is 0.851. The molecule has 2 heterocycles. The number of nitrogen functional groups attached to an aromatic ring is 1. The fraction of sp³-hybridized carbons (Fsp3) is 0.182. The van der Waals surface area contributed by atoms with E-state index in [0.29, 0.717) is 0 Å². The molecule has 6 heteroatoms. The van der Waals surface area contributed by atoms with Gasteiger partial charge in [0, 0.05) is 30.6 Å². The van der Waals surface area contributed by atoms with Crippen molar-refractivity contribution in [1.29, 1.82) is 0 Å². The Labute approximate surface area is 98.0 Å². The molecule has 2 rings (SSSR count). The second kappa shape index (κ2) is 4.25. The lowest BCUT2D eigenvalue weighted by Gasteiger charge is -2.04. The second-order valence-corrected chi connectivity index (χ2v) is 3.55. The molecule has 0 aliphatic carbocycles. The van der Waals surface area contributed by atoms with Crippen LogP contribution in [0.1, 0.15) is 10.4 Å². The summed E-state index contributed by atoms with van der Waals surface area (Å²) in [6.07, 6.45) is 5.11. The van der Waals surface area contributed by atoms with Crippen molar-refractivity contribution in [3.8, 4) is 11.1 Å². The third-order valence-electron chi connectivity index (χ3n) is 2.36. The molecule has 17 heavy (non-hydrogen) atoms. The number of methoxy groups -OCH3 is 1. The van der Waals surface area contributed by atoms with Gasteiger partial charge in [-0.3, -0.25) is 4.68 Å². The number of anilines is 1. The number of nitrogens with zero attached hydrogens (tertiary/aromatic N) is 3. The number of aryl methyl sites for hydroxylation is 1. The molecule has 0 aliphatic rings. The van der Waals surface area contributed by atoms with Crippen LogP contribution in [-0.4, -0.2) is 27.8 Å². The Balaban J connectivity index is 2.47. The van der Waals surface area contributed by atoms with Gasteiger partial charge < -0.3 is 10.5 Å². The first-order valence-corrected chi connectivity index (χ1v) is 4.94. The SMILES string of the molecule is COC(=O)c1cc(-c2cnn(C)c2)cnc1N. The van der Waals surface area contributed by atoms with E-state index in [1.165, 1.54) is 7.11 Å². The number of carbonyl (C=O) groups excluding carboxylic acids is 1. The number of carbonyl (C=O) groups is 1. The summed E-state index contributed by atoms with van der Waals surface area (Å²) < 4.78 is 6.30. The van der Waals surface area contributed by atoms with E-state index in [1.54, 1.807) is 23.1 Å². The monoisotopic (exact) mass is 232 g/mol. The summed E-state index contributed by atoms with van der Waals surface area (Å²) in [5.41, 5.74) is 7.51. The molecule has 0 radical (unpaired) electrons. The van der Waals surface area contributed by atoms with Gasteiger partial charge in [-0.05, 0) is 6.07 Å². The van der Waals surface area contributed by atoms with Gasteiger partial charge in [-0.25, -0.2) is 9.78 Å². The highest BCUT2D eigenvalue weighted by Crippen LogP contribution is 2.21. The van der Waals surface area contributed by atoms with E-state index in [9.17, 15) is 4.79 Å². The Morgan fingerprint density at radius 1 is 1.41 bits per heavy atom. The van der Waals surface area contributed by atoms with Gasteiger partial charge in [0.25, 0.3) is 0 Å². The number of hydrogen-bond donors (Lipinski definition) is 1. The molecular formula is C11H12N4O2. The minimum atomic E-state index is -0.499. The van der Waals surface area contributed by atoms with Crippen LogP contribution >= 0.6 is 0 Å². The summed E-state index contributed by atoms with van der Waals surface area (Å²) in [6, 6.07) is 1.64. The second-order valence-electron chi connectivity index (χ2n) is 3.55. The number of pyridine rings is 1. The zero-order valence-electron chi connectivity index (χ0n) is 9.54. The van der Waals surface area contributed by atoms with E-state index in [4.69, 9.17) is 5.73 Å². The molecule has 0 spiro atoms. The molecule has 0 saturated carbocycles. The van der Waals surface area contributed by atoms with Gasteiger partial charge in [0.15, 0.2) is 0 Å². The maximum absolute atomic E-state index is 11.5. The average molecular weight is 232 g/mol. The smallest absolute Gasteiger partial charge is 0.341 e. The highest BCUT2D eigenvalue weighted by molar-refractivity contribution is 5.95. The lowest BCUT2D eigenvalue weighted by molar-refractivity contribution is 0.0601. The van der Waals surface area contributed by atoms with Gasteiger partial charge in [-0.15, -0.1) is 0 Å². The summed E-state index contributed by atoms with van der Waals surface area (Å²) in [6.45, 7) is 0. The van der Waals surface area contributed by atoms with Crippen LogP contribution in [0.5, 0.6) is 0 Å². The van der Waals surface area contributed by atoms with E-state index < -0.39 is 5.97 Å². The molecule has 2 aromatic rings. The fourth-order valence-corrected chi connectivity index (χ4v) is 1.48. The van der Waals surface area contributed by atoms with Crippen LogP contribution in [0.25, 0.3) is 11.1 Å². The average Bonchev–Trinajstić information content (AvgIpc) is 2.75. The van der Waals surface area contributed by atoms with E-state index in [2.05, 4.69) is 14.8 Å². The molecular weight excluding hydrogens is 220 g/mol. The summed E-state index contributed by atoms with van der Waals surface area (Å²) in [5, 5.41) is 4.05. The van der Waals surface area contributed by atoms with Gasteiger partial charge in [-0.2, -0.15) is 5.10 Å². The third-order valence-corrected chi connectivity index (χ3v) is 2.36. The fourth-order valence-electron chi connectivity index (χ4n) is 1.48. The van der Waals surface area contributed by atoms with Crippen LogP contribution in [0, 0.1) is 0 Å². The van der Waals surface area contributed by atoms with Crippen LogP contribution < -0.4 is 5.73 Å². The van der Waals surface area contributed by atoms with Crippen molar-refractivity contribution in [1.82, 2.24) is 14.8 Å². The number of esters is 1. The van der Waals surface area contributed by atoms with E-state index >= 15 is 0 Å². The van der Waals surface area contributed by atoms with Crippen molar-refractivity contribution >= 4 is 11.8 Å². The Kier molecular flexibility index (Phi) is 2.78. The Bertz CT molecular complexity index is 562. The lowest BCUT2D eigenvalue weighted by atomic mass is 10.1. The van der Waals surface area contributed by atoms with Crippen molar-refractivity contribution in [2.24, 2.45) is 7.05 Å². The molecule has 0 aromatic carbocycles. The molecule has 0 aliphatic heterocycles. The van der Waals surface area contributed by atoms with Crippen LogP contribution in [0.4, 0.5) is 5.82 Å². The van der Waals surface area contributed by atoms with Crippen LogP contribution in [0.15, 0.2) is 24.7 Å². The van der Waals surface area contributed by atoms with E-state index in [1.807, 2.05) is 13.2 Å². The van der Waals surface area contributed by atoms with E-state index in [-0.39, 0.29) is 11.4 Å². The van der Waals surface area contributed by atoms with Gasteiger partial charge >= 0.3 is 5.97 Å². The molecule has 88 valence electrons. The number of aromatic nitrogens is 3. The molecule has 0 atom stereocenters. The molecule has 2 N–H and O–H groups in total. The van der Waals surface area contributed by atoms with Gasteiger partial charge in [0.05, 0.1) is 13.3 Å². The van der Waals surface area contributed by atoms with Crippen molar-refractivity contribution in [3.63, 3.8) is 0 Å². The van der Waals surface area contributed by atoms with Gasteiger partial charge in [0.2, 0.25) is 0 Å². The van der Waals surface area contributed by atoms with Crippen LogP contribution in [0.2, 0.25) is 0 Å². The summed E-state index contributed by atoms with van der Waals surface area (Å²) >= 11 is 0. The Hall–Kier alpha value is -2.37. The molecule has 0 saturated heterocycles. The summed E-state index contributed by atoms with van der Waals surface area (Å²) in [4.78, 5) is 15.4. The first kappa shape index (κ1) is 11.1. The van der Waals surface area contributed by atoms with Crippen molar-refractivity contribution < 1.29 is 9.53 Å². The van der Waals surface area contributed by atoms with Crippen molar-refractivity contribution in [2.45, 2.75) is 0 Å². The Morgan fingerprint density at radius 3 is 2.76 bits per heavy atom. The maximum atomic E-state index is 11.5. The lowest BCUT2D eigenvalue weighted by Crippen LogP contribution is -2.07. The topological polar surface area (TPSA) is 83.0 Å². The first-order valence-electron chi connectivity index (χ1n) is 4.94. The summed E-state index contributed by atoms with van der Waals surface area (Å²) in [5.74, 6) is -0.342. The minimum Gasteiger partial charge on any atom is -0.465 e. The Morgan fingerprint density at radius 2 is 2.18 bits per heavy atom. The molecule has 0 unspecified atom stereocenters. The predicted molar refractivity (Wildman–Crippen MR) is 62.2 cm³/mol. The third kappa shape index (κ3) is 2.10. The zero-order chi connectivity index (χ0) is 12.4. The standard InChI is InChI=1S/C11H12N4O2/c1-15-6-8(5-14-15)7-3-9(11(16)17-2)10(12)13-4-7/h3-6H,1-2H3,(H2,12,13). The first-order chi connectivity index (χ1) is 8.11. The normalized spacial score (nSPS) is 10.2. The maximum Gasteiger partial charge on any atom is 0.341 e.